The van der Waals surface area contributed by atoms with Gasteiger partial charge >= 0.3 is 5.97 Å². The number of benzene rings is 1. The number of esters is 1. The molecule has 1 aromatic heterocycles. The van der Waals surface area contributed by atoms with Crippen LogP contribution in [0.5, 0.6) is 0 Å². The molecule has 20 heavy (non-hydrogen) atoms. The zero-order chi connectivity index (χ0) is 14.7. The van der Waals surface area contributed by atoms with Crippen LogP contribution >= 0.6 is 23.2 Å². The number of aromatic amines is 1. The van der Waals surface area contributed by atoms with Gasteiger partial charge in [-0.3, -0.25) is 0 Å². The minimum absolute atomic E-state index is 0.129. The molecule has 2 aromatic rings. The second kappa shape index (κ2) is 6.24. The topological polar surface area (TPSA) is 71.5 Å². The smallest absolute Gasteiger partial charge is 0.334 e. The molecule has 0 saturated carbocycles. The molecule has 0 aliphatic rings. The van der Waals surface area contributed by atoms with Crippen molar-refractivity contribution in [3.8, 4) is 0 Å². The van der Waals surface area contributed by atoms with Gasteiger partial charge in [0.2, 0.25) is 0 Å². The summed E-state index contributed by atoms with van der Waals surface area (Å²) >= 11 is 12.1. The maximum atomic E-state index is 11.6. The van der Waals surface area contributed by atoms with E-state index in [0.717, 1.165) is 16.5 Å². The van der Waals surface area contributed by atoms with Crippen LogP contribution in [0.3, 0.4) is 0 Å². The fourth-order valence-corrected chi connectivity index (χ4v) is 2.64. The standard InChI is InChI=1S/C13H12Cl2N2O3/c1-2-20-13(18)11(17-19)3-7-6-16-10-5-8(14)4-9(15)12(7)10/h4-6,11,16H,2-3H2,1H3. The zero-order valence-electron chi connectivity index (χ0n) is 10.7. The Balaban J connectivity index is 2.34. The fraction of sp³-hybridized carbons (Fsp3) is 0.308. The van der Waals surface area contributed by atoms with Gasteiger partial charge in [0.1, 0.15) is 0 Å². The Kier molecular flexibility index (Phi) is 4.62. The van der Waals surface area contributed by atoms with Crippen LogP contribution in [0.15, 0.2) is 23.5 Å². The van der Waals surface area contributed by atoms with Crippen molar-refractivity contribution in [2.45, 2.75) is 19.4 Å². The third-order valence-corrected chi connectivity index (χ3v) is 3.39. The van der Waals surface area contributed by atoms with Gasteiger partial charge < -0.3 is 9.72 Å². The highest BCUT2D eigenvalue weighted by atomic mass is 35.5. The molecule has 1 atom stereocenters. The number of ether oxygens (including phenoxy) is 1. The van der Waals surface area contributed by atoms with Gasteiger partial charge in [-0.1, -0.05) is 28.4 Å². The molecule has 0 amide bonds. The third-order valence-electron chi connectivity index (χ3n) is 2.88. The largest absolute Gasteiger partial charge is 0.464 e. The summed E-state index contributed by atoms with van der Waals surface area (Å²) in [5.41, 5.74) is 1.46. The molecule has 2 rings (SSSR count). The van der Waals surface area contributed by atoms with Crippen molar-refractivity contribution in [1.29, 1.82) is 0 Å². The Hall–Kier alpha value is -1.59. The summed E-state index contributed by atoms with van der Waals surface area (Å²) < 4.78 is 4.81. The van der Waals surface area contributed by atoms with Crippen molar-refractivity contribution in [1.82, 2.24) is 4.98 Å². The van der Waals surface area contributed by atoms with E-state index in [1.54, 1.807) is 25.3 Å². The molecule has 0 bridgehead atoms. The molecule has 1 heterocycles. The monoisotopic (exact) mass is 314 g/mol. The highest BCUT2D eigenvalue weighted by molar-refractivity contribution is 6.38. The number of nitrogens with one attached hydrogen (secondary N) is 1. The van der Waals surface area contributed by atoms with E-state index >= 15 is 0 Å². The van der Waals surface area contributed by atoms with Crippen LogP contribution in [0.25, 0.3) is 10.9 Å². The lowest BCUT2D eigenvalue weighted by Gasteiger charge is -2.08. The summed E-state index contributed by atoms with van der Waals surface area (Å²) in [7, 11) is 0. The van der Waals surface area contributed by atoms with Crippen molar-refractivity contribution < 1.29 is 9.53 Å². The molecule has 0 aliphatic carbocycles. The molecule has 0 fully saturated rings. The Morgan fingerprint density at radius 2 is 2.20 bits per heavy atom. The molecular weight excluding hydrogens is 303 g/mol. The first-order valence-corrected chi connectivity index (χ1v) is 6.76. The lowest BCUT2D eigenvalue weighted by atomic mass is 10.1. The van der Waals surface area contributed by atoms with Gasteiger partial charge in [-0.05, 0) is 24.6 Å². The second-order valence-corrected chi connectivity index (χ2v) is 5.05. The highest BCUT2D eigenvalue weighted by Crippen LogP contribution is 2.31. The number of nitroso groups, excluding NO2 is 1. The predicted molar refractivity (Wildman–Crippen MR) is 78.2 cm³/mol. The fourth-order valence-electron chi connectivity index (χ4n) is 2.02. The number of carbonyl (C=O) groups is 1. The first kappa shape index (κ1) is 14.8. The average Bonchev–Trinajstić information content (AvgIpc) is 2.79. The minimum Gasteiger partial charge on any atom is -0.464 e. The van der Waals surface area contributed by atoms with Crippen LogP contribution in [0.1, 0.15) is 12.5 Å². The van der Waals surface area contributed by atoms with Crippen molar-refractivity contribution in [3.63, 3.8) is 0 Å². The van der Waals surface area contributed by atoms with Crippen molar-refractivity contribution in [2.24, 2.45) is 5.18 Å². The first-order valence-electron chi connectivity index (χ1n) is 6.01. The molecule has 1 aromatic carbocycles. The quantitative estimate of drug-likeness (QED) is 0.675. The molecule has 5 nitrogen and oxygen atoms in total. The molecule has 1 unspecified atom stereocenters. The highest BCUT2D eigenvalue weighted by Gasteiger charge is 2.23. The number of nitrogens with zero attached hydrogens (tertiary/aromatic N) is 1. The zero-order valence-corrected chi connectivity index (χ0v) is 12.2. The Morgan fingerprint density at radius 3 is 2.85 bits per heavy atom. The van der Waals surface area contributed by atoms with Crippen LogP contribution in [0.4, 0.5) is 0 Å². The molecule has 0 aliphatic heterocycles. The maximum Gasteiger partial charge on any atom is 0.334 e. The maximum absolute atomic E-state index is 11.6. The van der Waals surface area contributed by atoms with Gasteiger partial charge in [0, 0.05) is 28.5 Å². The van der Waals surface area contributed by atoms with E-state index in [-0.39, 0.29) is 13.0 Å². The van der Waals surface area contributed by atoms with Crippen molar-refractivity contribution in [3.05, 3.63) is 38.8 Å². The number of fused-ring (bicyclic) bond motifs is 1. The van der Waals surface area contributed by atoms with E-state index in [1.807, 2.05) is 0 Å². The average molecular weight is 315 g/mol. The SMILES string of the molecule is CCOC(=O)C(Cc1c[nH]c2cc(Cl)cc(Cl)c12)N=O. The van der Waals surface area contributed by atoms with E-state index in [0.29, 0.717) is 10.0 Å². The van der Waals surface area contributed by atoms with E-state index in [2.05, 4.69) is 10.2 Å². The predicted octanol–water partition coefficient (Wildman–Crippen LogP) is 3.72. The van der Waals surface area contributed by atoms with E-state index in [9.17, 15) is 9.70 Å². The molecule has 7 heteroatoms. The number of hydrogen-bond acceptors (Lipinski definition) is 4. The number of aromatic nitrogens is 1. The minimum atomic E-state index is -1.08. The molecule has 0 saturated heterocycles. The number of H-pyrrole nitrogens is 1. The molecule has 1 N–H and O–H groups in total. The molecular formula is C13H12Cl2N2O3. The van der Waals surface area contributed by atoms with E-state index < -0.39 is 12.0 Å². The summed E-state index contributed by atoms with van der Waals surface area (Å²) in [6.45, 7) is 1.87. The van der Waals surface area contributed by atoms with Crippen LogP contribution in [0.2, 0.25) is 10.0 Å². The van der Waals surface area contributed by atoms with Gasteiger partial charge in [-0.25, -0.2) is 4.79 Å². The molecule has 0 spiro atoms. The Labute approximate surface area is 125 Å². The summed E-state index contributed by atoms with van der Waals surface area (Å²) in [6.07, 6.45) is 1.81. The van der Waals surface area contributed by atoms with Gasteiger partial charge in [0.05, 0.1) is 11.6 Å². The Bertz CT molecular complexity index is 654. The van der Waals surface area contributed by atoms with Crippen molar-refractivity contribution >= 4 is 40.1 Å². The van der Waals surface area contributed by atoms with Crippen LogP contribution in [0, 0.1) is 4.91 Å². The molecule has 0 radical (unpaired) electrons. The summed E-state index contributed by atoms with van der Waals surface area (Å²) in [5, 5.41) is 4.52. The van der Waals surface area contributed by atoms with Crippen LogP contribution < -0.4 is 0 Å². The van der Waals surface area contributed by atoms with E-state index in [4.69, 9.17) is 27.9 Å². The van der Waals surface area contributed by atoms with Crippen molar-refractivity contribution in [2.75, 3.05) is 6.61 Å². The lowest BCUT2D eigenvalue weighted by molar-refractivity contribution is -0.144. The van der Waals surface area contributed by atoms with Gasteiger partial charge in [-0.15, -0.1) is 4.91 Å². The van der Waals surface area contributed by atoms with Crippen LogP contribution in [-0.4, -0.2) is 23.6 Å². The third kappa shape index (κ3) is 2.94. The second-order valence-electron chi connectivity index (χ2n) is 4.20. The Morgan fingerprint density at radius 1 is 1.45 bits per heavy atom. The van der Waals surface area contributed by atoms with Crippen LogP contribution in [-0.2, 0) is 16.0 Å². The van der Waals surface area contributed by atoms with Gasteiger partial charge in [-0.2, -0.15) is 0 Å². The first-order chi connectivity index (χ1) is 9.56. The van der Waals surface area contributed by atoms with Gasteiger partial charge in [0.15, 0.2) is 6.04 Å². The van der Waals surface area contributed by atoms with Gasteiger partial charge in [0.25, 0.3) is 0 Å². The number of hydrogen-bond donors (Lipinski definition) is 1. The number of carbonyl (C=O) groups excluding carboxylic acids is 1. The summed E-state index contributed by atoms with van der Waals surface area (Å²) in [5.74, 6) is -0.637. The number of rotatable bonds is 5. The lowest BCUT2D eigenvalue weighted by Crippen LogP contribution is -2.23. The normalized spacial score (nSPS) is 12.3. The molecule has 106 valence electrons. The summed E-state index contributed by atoms with van der Waals surface area (Å²) in [4.78, 5) is 25.4. The van der Waals surface area contributed by atoms with E-state index in [1.165, 1.54) is 0 Å². The summed E-state index contributed by atoms with van der Waals surface area (Å²) in [6, 6.07) is 2.25. The number of halogens is 2.